The maximum Gasteiger partial charge on any atom is 0.0459 e. The van der Waals surface area contributed by atoms with Gasteiger partial charge in [0.15, 0.2) is 0 Å². The van der Waals surface area contributed by atoms with Gasteiger partial charge in [0.2, 0.25) is 0 Å². The van der Waals surface area contributed by atoms with Gasteiger partial charge in [-0.3, -0.25) is 0 Å². The van der Waals surface area contributed by atoms with E-state index in [1.165, 1.54) is 57.8 Å². The maximum atomic E-state index is 9.28. The van der Waals surface area contributed by atoms with Crippen LogP contribution in [0.2, 0.25) is 0 Å². The molecule has 1 aliphatic carbocycles. The first-order valence-corrected chi connectivity index (χ1v) is 6.47. The first-order valence-electron chi connectivity index (χ1n) is 6.47. The monoisotopic (exact) mass is 198 g/mol. The van der Waals surface area contributed by atoms with Crippen molar-refractivity contribution in [1.82, 2.24) is 0 Å². The molecule has 1 atom stereocenters. The summed E-state index contributed by atoms with van der Waals surface area (Å²) in [5.74, 6) is 1.52. The molecule has 14 heavy (non-hydrogen) atoms. The highest BCUT2D eigenvalue weighted by molar-refractivity contribution is 4.70. The van der Waals surface area contributed by atoms with Crippen LogP contribution in [0, 0.1) is 11.8 Å². The molecule has 1 saturated carbocycles. The SMILES string of the molecule is CCCC[C@@H](CO)CC1CCCCC1. The van der Waals surface area contributed by atoms with Gasteiger partial charge in [-0.05, 0) is 24.7 Å². The second-order valence-corrected chi connectivity index (χ2v) is 4.93. The molecule has 0 aromatic carbocycles. The minimum Gasteiger partial charge on any atom is -0.396 e. The molecule has 0 aromatic rings. The highest BCUT2D eigenvalue weighted by Gasteiger charge is 2.17. The number of hydrogen-bond donors (Lipinski definition) is 1. The summed E-state index contributed by atoms with van der Waals surface area (Å²) in [4.78, 5) is 0. The Labute approximate surface area is 88.9 Å². The molecule has 1 N–H and O–H groups in total. The van der Waals surface area contributed by atoms with Crippen molar-refractivity contribution in [2.75, 3.05) is 6.61 Å². The van der Waals surface area contributed by atoms with Gasteiger partial charge in [0.05, 0.1) is 0 Å². The van der Waals surface area contributed by atoms with Crippen LogP contribution in [-0.4, -0.2) is 11.7 Å². The van der Waals surface area contributed by atoms with Crippen LogP contribution in [0.5, 0.6) is 0 Å². The zero-order valence-electron chi connectivity index (χ0n) is 9.67. The van der Waals surface area contributed by atoms with Crippen LogP contribution in [0.4, 0.5) is 0 Å². The van der Waals surface area contributed by atoms with Crippen molar-refractivity contribution in [3.63, 3.8) is 0 Å². The Hall–Kier alpha value is -0.0400. The van der Waals surface area contributed by atoms with Crippen molar-refractivity contribution in [3.8, 4) is 0 Å². The van der Waals surface area contributed by atoms with Gasteiger partial charge >= 0.3 is 0 Å². The summed E-state index contributed by atoms with van der Waals surface area (Å²) < 4.78 is 0. The maximum absolute atomic E-state index is 9.28. The summed E-state index contributed by atoms with van der Waals surface area (Å²) >= 11 is 0. The average Bonchev–Trinajstić information content (AvgIpc) is 2.25. The van der Waals surface area contributed by atoms with Gasteiger partial charge in [0.25, 0.3) is 0 Å². The minimum absolute atomic E-state index is 0.413. The molecule has 1 fully saturated rings. The predicted octanol–water partition coefficient (Wildman–Crippen LogP) is 3.76. The molecule has 84 valence electrons. The topological polar surface area (TPSA) is 20.2 Å². The molecular weight excluding hydrogens is 172 g/mol. The van der Waals surface area contributed by atoms with E-state index in [2.05, 4.69) is 6.92 Å². The lowest BCUT2D eigenvalue weighted by Gasteiger charge is -2.25. The van der Waals surface area contributed by atoms with Gasteiger partial charge in [0, 0.05) is 6.61 Å². The van der Waals surface area contributed by atoms with Crippen LogP contribution >= 0.6 is 0 Å². The smallest absolute Gasteiger partial charge is 0.0459 e. The zero-order chi connectivity index (χ0) is 10.2. The first kappa shape index (κ1) is 12.0. The lowest BCUT2D eigenvalue weighted by Crippen LogP contribution is -2.15. The Bertz CT molecular complexity index is 127. The van der Waals surface area contributed by atoms with Crippen LogP contribution in [0.25, 0.3) is 0 Å². The molecule has 0 amide bonds. The second-order valence-electron chi connectivity index (χ2n) is 4.93. The van der Waals surface area contributed by atoms with Crippen molar-refractivity contribution in [1.29, 1.82) is 0 Å². The standard InChI is InChI=1S/C13H26O/c1-2-3-7-13(11-14)10-12-8-5-4-6-9-12/h12-14H,2-11H2,1H3/t13-/m1/s1. The van der Waals surface area contributed by atoms with Crippen LogP contribution in [-0.2, 0) is 0 Å². The summed E-state index contributed by atoms with van der Waals surface area (Å²) in [5.41, 5.74) is 0. The Balaban J connectivity index is 2.16. The third-order valence-electron chi connectivity index (χ3n) is 3.62. The van der Waals surface area contributed by atoms with Crippen molar-refractivity contribution in [3.05, 3.63) is 0 Å². The molecule has 1 aliphatic rings. The summed E-state index contributed by atoms with van der Waals surface area (Å²) in [6, 6.07) is 0. The largest absolute Gasteiger partial charge is 0.396 e. The number of rotatable bonds is 6. The molecular formula is C13H26O. The fraction of sp³-hybridized carbons (Fsp3) is 1.00. The van der Waals surface area contributed by atoms with Gasteiger partial charge in [-0.2, -0.15) is 0 Å². The van der Waals surface area contributed by atoms with Crippen molar-refractivity contribution >= 4 is 0 Å². The molecule has 0 aliphatic heterocycles. The van der Waals surface area contributed by atoms with Gasteiger partial charge < -0.3 is 5.11 Å². The fourth-order valence-electron chi connectivity index (χ4n) is 2.67. The van der Waals surface area contributed by atoms with Crippen molar-refractivity contribution in [2.45, 2.75) is 64.7 Å². The average molecular weight is 198 g/mol. The van der Waals surface area contributed by atoms with Crippen LogP contribution in [0.3, 0.4) is 0 Å². The van der Waals surface area contributed by atoms with E-state index in [0.29, 0.717) is 12.5 Å². The van der Waals surface area contributed by atoms with Gasteiger partial charge in [0.1, 0.15) is 0 Å². The summed E-state index contributed by atoms with van der Waals surface area (Å²) in [5, 5.41) is 9.28. The van der Waals surface area contributed by atoms with E-state index >= 15 is 0 Å². The van der Waals surface area contributed by atoms with E-state index in [9.17, 15) is 5.11 Å². The summed E-state index contributed by atoms with van der Waals surface area (Å²) in [7, 11) is 0. The highest BCUT2D eigenvalue weighted by Crippen LogP contribution is 2.30. The first-order chi connectivity index (χ1) is 6.86. The van der Waals surface area contributed by atoms with E-state index in [4.69, 9.17) is 0 Å². The zero-order valence-corrected chi connectivity index (χ0v) is 9.67. The number of unbranched alkanes of at least 4 members (excludes halogenated alkanes) is 1. The van der Waals surface area contributed by atoms with E-state index in [1.54, 1.807) is 0 Å². The van der Waals surface area contributed by atoms with Crippen molar-refractivity contribution < 1.29 is 5.11 Å². The Morgan fingerprint density at radius 1 is 1.21 bits per heavy atom. The molecule has 0 unspecified atom stereocenters. The second kappa shape index (κ2) is 7.28. The third kappa shape index (κ3) is 4.45. The highest BCUT2D eigenvalue weighted by atomic mass is 16.3. The molecule has 0 spiro atoms. The van der Waals surface area contributed by atoms with Gasteiger partial charge in [-0.1, -0.05) is 51.9 Å². The molecule has 1 nitrogen and oxygen atoms in total. The van der Waals surface area contributed by atoms with Crippen LogP contribution in [0.1, 0.15) is 64.7 Å². The summed E-state index contributed by atoms with van der Waals surface area (Å²) in [6.45, 7) is 2.64. The predicted molar refractivity (Wildman–Crippen MR) is 61.3 cm³/mol. The fourth-order valence-corrected chi connectivity index (χ4v) is 2.67. The molecule has 0 aromatic heterocycles. The van der Waals surface area contributed by atoms with Gasteiger partial charge in [-0.25, -0.2) is 0 Å². The molecule has 0 bridgehead atoms. The Morgan fingerprint density at radius 2 is 1.93 bits per heavy atom. The van der Waals surface area contributed by atoms with E-state index in [0.717, 1.165) is 5.92 Å². The normalized spacial score (nSPS) is 21.0. The number of hydrogen-bond acceptors (Lipinski definition) is 1. The molecule has 1 heteroatoms. The third-order valence-corrected chi connectivity index (χ3v) is 3.62. The Kier molecular flexibility index (Phi) is 6.25. The lowest BCUT2D eigenvalue weighted by molar-refractivity contribution is 0.176. The Morgan fingerprint density at radius 3 is 2.50 bits per heavy atom. The minimum atomic E-state index is 0.413. The molecule has 0 radical (unpaired) electrons. The lowest BCUT2D eigenvalue weighted by atomic mass is 9.81. The van der Waals surface area contributed by atoms with Crippen LogP contribution in [0.15, 0.2) is 0 Å². The summed E-state index contributed by atoms with van der Waals surface area (Å²) in [6.07, 6.45) is 12.2. The van der Waals surface area contributed by atoms with E-state index in [1.807, 2.05) is 0 Å². The molecule has 0 saturated heterocycles. The van der Waals surface area contributed by atoms with Crippen LogP contribution < -0.4 is 0 Å². The molecule has 1 rings (SSSR count). The van der Waals surface area contributed by atoms with Crippen molar-refractivity contribution in [2.24, 2.45) is 11.8 Å². The van der Waals surface area contributed by atoms with E-state index < -0.39 is 0 Å². The van der Waals surface area contributed by atoms with E-state index in [-0.39, 0.29) is 0 Å². The molecule has 0 heterocycles. The number of aliphatic hydroxyl groups is 1. The number of aliphatic hydroxyl groups excluding tert-OH is 1. The van der Waals surface area contributed by atoms with Gasteiger partial charge in [-0.15, -0.1) is 0 Å². The quantitative estimate of drug-likeness (QED) is 0.689.